The molecule has 2 aliphatic heterocycles. The van der Waals surface area contributed by atoms with Crippen LogP contribution in [0.5, 0.6) is 0 Å². The Hall–Kier alpha value is -3.06. The number of hydrogen-bond acceptors (Lipinski definition) is 5. The van der Waals surface area contributed by atoms with E-state index in [1.54, 1.807) is 25.4 Å². The van der Waals surface area contributed by atoms with Gasteiger partial charge < -0.3 is 15.0 Å². The second-order valence-electron chi connectivity index (χ2n) is 8.55. The fraction of sp³-hybridized carbons (Fsp3) is 0.400. The van der Waals surface area contributed by atoms with Gasteiger partial charge in [-0.15, -0.1) is 0 Å². The second kappa shape index (κ2) is 9.20. The number of rotatable bonds is 7. The molecule has 0 bridgehead atoms. The van der Waals surface area contributed by atoms with E-state index in [1.165, 1.54) is 6.07 Å². The Kier molecular flexibility index (Phi) is 6.37. The van der Waals surface area contributed by atoms with Crippen molar-refractivity contribution in [1.29, 1.82) is 5.53 Å². The summed E-state index contributed by atoms with van der Waals surface area (Å²) in [7, 11) is 1.71. The van der Waals surface area contributed by atoms with E-state index >= 15 is 0 Å². The molecule has 0 spiro atoms. The van der Waals surface area contributed by atoms with Gasteiger partial charge in [-0.1, -0.05) is 12.1 Å². The predicted molar refractivity (Wildman–Crippen MR) is 121 cm³/mol. The molecular formula is C25H29FN4O2. The fourth-order valence-electron chi connectivity index (χ4n) is 4.60. The molecule has 1 fully saturated rings. The van der Waals surface area contributed by atoms with Crippen LogP contribution < -0.4 is 5.32 Å². The fourth-order valence-corrected chi connectivity index (χ4v) is 4.60. The van der Waals surface area contributed by atoms with E-state index in [4.69, 9.17) is 10.3 Å². The Morgan fingerprint density at radius 3 is 2.78 bits per heavy atom. The summed E-state index contributed by atoms with van der Waals surface area (Å²) in [5.74, 6) is -0.313. The van der Waals surface area contributed by atoms with Gasteiger partial charge in [-0.3, -0.25) is 4.79 Å². The summed E-state index contributed by atoms with van der Waals surface area (Å²) in [6, 6.07) is 6.84. The van der Waals surface area contributed by atoms with Crippen LogP contribution in [-0.4, -0.2) is 37.1 Å². The van der Waals surface area contributed by atoms with Gasteiger partial charge in [0.25, 0.3) is 5.91 Å². The van der Waals surface area contributed by atoms with Crippen LogP contribution in [0.15, 0.2) is 35.6 Å². The van der Waals surface area contributed by atoms with Crippen LogP contribution in [0.4, 0.5) is 4.39 Å². The summed E-state index contributed by atoms with van der Waals surface area (Å²) >= 11 is 0. The number of carbonyl (C=O) groups excluding carboxylic acids is 1. The molecule has 1 saturated heterocycles. The maximum atomic E-state index is 14.9. The third kappa shape index (κ3) is 4.17. The highest BCUT2D eigenvalue weighted by Crippen LogP contribution is 2.32. The average Bonchev–Trinajstić information content (AvgIpc) is 3.40. The first-order chi connectivity index (χ1) is 15.4. The third-order valence-electron chi connectivity index (χ3n) is 6.59. The summed E-state index contributed by atoms with van der Waals surface area (Å²) in [6.07, 6.45) is 4.13. The molecule has 2 heterocycles. The lowest BCUT2D eigenvalue weighted by Crippen LogP contribution is -2.32. The van der Waals surface area contributed by atoms with Gasteiger partial charge in [0.1, 0.15) is 11.5 Å². The zero-order chi connectivity index (χ0) is 22.8. The summed E-state index contributed by atoms with van der Waals surface area (Å²) in [5.41, 5.74) is 13.7. The summed E-state index contributed by atoms with van der Waals surface area (Å²) in [6.45, 7) is 6.10. The van der Waals surface area contributed by atoms with E-state index in [-0.39, 0.29) is 17.8 Å². The molecule has 7 heteroatoms. The van der Waals surface area contributed by atoms with Gasteiger partial charge in [0, 0.05) is 50.5 Å². The molecule has 6 nitrogen and oxygen atoms in total. The van der Waals surface area contributed by atoms with Crippen molar-refractivity contribution in [2.24, 2.45) is 5.11 Å². The molecule has 168 valence electrons. The molecular weight excluding hydrogens is 407 g/mol. The molecule has 0 aliphatic carbocycles. The molecule has 0 aromatic heterocycles. The van der Waals surface area contributed by atoms with E-state index in [2.05, 4.69) is 10.4 Å². The highest BCUT2D eigenvalue weighted by Gasteiger charge is 2.32. The van der Waals surface area contributed by atoms with Gasteiger partial charge in [-0.2, -0.15) is 5.11 Å². The zero-order valence-corrected chi connectivity index (χ0v) is 18.8. The highest BCUT2D eigenvalue weighted by molar-refractivity contribution is 5.99. The SMILES string of the molecule is CN/C=C(\N=N)c1ccc(Cc2cc3c(c(C)c2C)CN(CC2CCCO2)C3=O)c(F)c1. The predicted octanol–water partition coefficient (Wildman–Crippen LogP) is 4.72. The first-order valence-electron chi connectivity index (χ1n) is 11.0. The summed E-state index contributed by atoms with van der Waals surface area (Å²) < 4.78 is 20.6. The van der Waals surface area contributed by atoms with Crippen LogP contribution in [0, 0.1) is 25.2 Å². The first-order valence-corrected chi connectivity index (χ1v) is 11.0. The van der Waals surface area contributed by atoms with Crippen LogP contribution >= 0.6 is 0 Å². The number of amides is 1. The van der Waals surface area contributed by atoms with Crippen molar-refractivity contribution in [3.8, 4) is 0 Å². The quantitative estimate of drug-likeness (QED) is 0.617. The largest absolute Gasteiger partial charge is 0.392 e. The number of ether oxygens (including phenoxy) is 1. The zero-order valence-electron chi connectivity index (χ0n) is 18.8. The number of benzene rings is 2. The van der Waals surface area contributed by atoms with Gasteiger partial charge in [-0.25, -0.2) is 9.92 Å². The van der Waals surface area contributed by atoms with Gasteiger partial charge in [0.05, 0.1) is 6.10 Å². The Morgan fingerprint density at radius 1 is 1.31 bits per heavy atom. The van der Waals surface area contributed by atoms with Crippen LogP contribution in [0.25, 0.3) is 5.70 Å². The molecule has 32 heavy (non-hydrogen) atoms. The summed E-state index contributed by atoms with van der Waals surface area (Å²) in [5, 5.41) is 6.27. The molecule has 1 amide bonds. The normalized spacial score (nSPS) is 18.2. The van der Waals surface area contributed by atoms with Crippen molar-refractivity contribution in [3.63, 3.8) is 0 Å². The topological polar surface area (TPSA) is 77.8 Å². The number of hydrogen-bond donors (Lipinski definition) is 2. The Balaban J connectivity index is 1.59. The van der Waals surface area contributed by atoms with Crippen molar-refractivity contribution in [3.05, 3.63) is 75.2 Å². The van der Waals surface area contributed by atoms with Crippen molar-refractivity contribution in [1.82, 2.24) is 10.2 Å². The minimum atomic E-state index is -0.350. The number of carbonyl (C=O) groups is 1. The van der Waals surface area contributed by atoms with Gasteiger partial charge >= 0.3 is 0 Å². The smallest absolute Gasteiger partial charge is 0.254 e. The minimum absolute atomic E-state index is 0.0366. The van der Waals surface area contributed by atoms with Crippen LogP contribution in [-0.2, 0) is 17.7 Å². The molecule has 2 aromatic rings. The molecule has 0 saturated carbocycles. The molecule has 1 atom stereocenters. The van der Waals surface area contributed by atoms with E-state index in [0.29, 0.717) is 36.3 Å². The standard InChI is InChI=1S/C25H29FN4O2/c1-15-16(2)22-14-30(13-20-5-4-8-32-20)25(31)21(22)10-19(15)9-17-6-7-18(11-23(17)26)24(29-27)12-28-3/h6-7,10-12,20,27-28H,4-5,8-9,13-14H2,1-3H3/b24-12-,29-27?. The van der Waals surface area contributed by atoms with Gasteiger partial charge in [0.2, 0.25) is 0 Å². The van der Waals surface area contributed by atoms with Crippen LogP contribution in [0.2, 0.25) is 0 Å². The minimum Gasteiger partial charge on any atom is -0.392 e. The lowest BCUT2D eigenvalue weighted by atomic mass is 9.91. The molecule has 2 aliphatic rings. The number of nitrogens with one attached hydrogen (secondary N) is 2. The summed E-state index contributed by atoms with van der Waals surface area (Å²) in [4.78, 5) is 15.0. The maximum Gasteiger partial charge on any atom is 0.254 e. The maximum absolute atomic E-state index is 14.9. The van der Waals surface area contributed by atoms with E-state index in [1.807, 2.05) is 24.8 Å². The van der Waals surface area contributed by atoms with Crippen molar-refractivity contribution in [2.75, 3.05) is 20.2 Å². The van der Waals surface area contributed by atoms with E-state index in [0.717, 1.165) is 47.3 Å². The van der Waals surface area contributed by atoms with E-state index in [9.17, 15) is 9.18 Å². The Morgan fingerprint density at radius 2 is 2.12 bits per heavy atom. The lowest BCUT2D eigenvalue weighted by molar-refractivity contribution is 0.0545. The van der Waals surface area contributed by atoms with E-state index < -0.39 is 0 Å². The molecule has 2 aromatic carbocycles. The third-order valence-corrected chi connectivity index (χ3v) is 6.59. The number of nitrogens with zero attached hydrogens (tertiary/aromatic N) is 2. The average molecular weight is 437 g/mol. The van der Waals surface area contributed by atoms with Gasteiger partial charge in [0.15, 0.2) is 0 Å². The van der Waals surface area contributed by atoms with Crippen LogP contribution in [0.3, 0.4) is 0 Å². The number of halogens is 1. The highest BCUT2D eigenvalue weighted by atomic mass is 19.1. The molecule has 4 rings (SSSR count). The number of fused-ring (bicyclic) bond motifs is 1. The Bertz CT molecular complexity index is 1090. The first kappa shape index (κ1) is 22.1. The van der Waals surface area contributed by atoms with Crippen molar-refractivity contribution in [2.45, 2.75) is 45.8 Å². The molecule has 0 radical (unpaired) electrons. The monoisotopic (exact) mass is 436 g/mol. The molecule has 1 unspecified atom stereocenters. The van der Waals surface area contributed by atoms with Crippen molar-refractivity contribution < 1.29 is 13.9 Å². The van der Waals surface area contributed by atoms with Crippen LogP contribution in [0.1, 0.15) is 56.6 Å². The molecule has 2 N–H and O–H groups in total. The second-order valence-corrected chi connectivity index (χ2v) is 8.55. The van der Waals surface area contributed by atoms with Crippen molar-refractivity contribution >= 4 is 11.6 Å². The van der Waals surface area contributed by atoms with Gasteiger partial charge in [-0.05, 0) is 66.6 Å². The lowest BCUT2D eigenvalue weighted by Gasteiger charge is -2.19. The Labute approximate surface area is 188 Å².